The molecule has 2 aromatic carbocycles. The Labute approximate surface area is 139 Å². The third-order valence-corrected chi connectivity index (χ3v) is 1.84. The van der Waals surface area contributed by atoms with E-state index < -0.39 is 0 Å². The molecular formula is C14H12Cl2N2Pd+2. The summed E-state index contributed by atoms with van der Waals surface area (Å²) in [5, 5.41) is 13.4. The first-order chi connectivity index (χ1) is 7.86. The van der Waals surface area contributed by atoms with Crippen molar-refractivity contribution in [3.05, 3.63) is 71.8 Å². The van der Waals surface area contributed by atoms with Gasteiger partial charge in [0.15, 0.2) is 0 Å². The Balaban J connectivity index is -0.000000233. The fourth-order valence-electron chi connectivity index (χ4n) is 1.04. The van der Waals surface area contributed by atoms with Gasteiger partial charge in [-0.1, -0.05) is 46.9 Å². The van der Waals surface area contributed by atoms with E-state index in [2.05, 4.69) is 12.1 Å². The largest absolute Gasteiger partial charge is 2.00 e. The van der Waals surface area contributed by atoms with Gasteiger partial charge in [0.1, 0.15) is 11.1 Å². The van der Waals surface area contributed by atoms with Gasteiger partial charge in [0.2, 0.25) is 0 Å². The van der Waals surface area contributed by atoms with Gasteiger partial charge in [-0.25, -0.2) is 0 Å². The maximum Gasteiger partial charge on any atom is 2.00 e. The molecule has 2 aromatic rings. The van der Waals surface area contributed by atoms with E-state index in [1.54, 1.807) is 0 Å². The zero-order valence-corrected chi connectivity index (χ0v) is 12.9. The molecule has 0 saturated heterocycles. The van der Waals surface area contributed by atoms with Crippen molar-refractivity contribution in [1.82, 2.24) is 0 Å². The van der Waals surface area contributed by atoms with Crippen LogP contribution in [0, 0.1) is 12.1 Å². The zero-order valence-electron chi connectivity index (χ0n) is 9.85. The average Bonchev–Trinajstić information content (AvgIpc) is 2.41. The topological polar surface area (TPSA) is 47.6 Å². The normalized spacial score (nSPS) is 6.63. The third kappa shape index (κ3) is 10.3. The van der Waals surface area contributed by atoms with Crippen molar-refractivity contribution in [1.29, 1.82) is 0 Å². The second kappa shape index (κ2) is 14.7. The van der Waals surface area contributed by atoms with Crippen LogP contribution in [0.15, 0.2) is 60.7 Å². The molecule has 100 valence electrons. The fourth-order valence-corrected chi connectivity index (χ4v) is 1.04. The van der Waals surface area contributed by atoms with Crippen molar-refractivity contribution in [2.24, 2.45) is 0 Å². The maximum atomic E-state index is 6.69. The van der Waals surface area contributed by atoms with E-state index >= 15 is 0 Å². The Bertz CT molecular complexity index is 455. The summed E-state index contributed by atoms with van der Waals surface area (Å²) in [6, 6.07) is 23.3. The molecular weight excluding hydrogens is 373 g/mol. The maximum absolute atomic E-state index is 6.69. The third-order valence-electron chi connectivity index (χ3n) is 1.84. The molecule has 0 heterocycles. The molecule has 0 unspecified atom stereocenters. The van der Waals surface area contributed by atoms with Crippen molar-refractivity contribution < 1.29 is 55.8 Å². The van der Waals surface area contributed by atoms with Gasteiger partial charge in [-0.2, -0.15) is 0 Å². The van der Waals surface area contributed by atoms with E-state index in [1.807, 2.05) is 60.7 Å². The molecule has 0 atom stereocenters. The molecule has 0 bridgehead atoms. The summed E-state index contributed by atoms with van der Waals surface area (Å²) in [6.45, 7) is 0. The molecule has 0 saturated carbocycles. The molecule has 0 amide bonds. The minimum atomic E-state index is 0. The molecule has 0 fully saturated rings. The zero-order chi connectivity index (χ0) is 11.6. The van der Waals surface area contributed by atoms with Crippen LogP contribution in [-0.2, 0) is 20.4 Å². The van der Waals surface area contributed by atoms with E-state index in [9.17, 15) is 0 Å². The van der Waals surface area contributed by atoms with Gasteiger partial charge >= 0.3 is 32.6 Å². The number of benzene rings is 2. The van der Waals surface area contributed by atoms with Crippen LogP contribution >= 0.6 is 0 Å². The van der Waals surface area contributed by atoms with Gasteiger partial charge < -0.3 is 24.8 Å². The van der Waals surface area contributed by atoms with Gasteiger partial charge in [0, 0.05) is 0 Å². The first kappa shape index (κ1) is 22.8. The van der Waals surface area contributed by atoms with E-state index in [0.717, 1.165) is 11.1 Å². The number of rotatable bonds is 0. The summed E-state index contributed by atoms with van der Waals surface area (Å²) in [6.07, 6.45) is 0. The predicted molar refractivity (Wildman–Crippen MR) is 60.8 cm³/mol. The molecule has 19 heavy (non-hydrogen) atoms. The standard InChI is InChI=1S/2C7H5N.2ClH.Pd/c2*8-6-7-4-2-1-3-5-7;;;/h2*1-5H;2*1H;/q;;;;+2. The van der Waals surface area contributed by atoms with Gasteiger partial charge in [-0.3, -0.25) is 0 Å². The second-order valence-corrected chi connectivity index (χ2v) is 2.98. The van der Waals surface area contributed by atoms with Gasteiger partial charge in [0.05, 0.1) is 0 Å². The summed E-state index contributed by atoms with van der Waals surface area (Å²) >= 11 is 0. The van der Waals surface area contributed by atoms with Crippen LogP contribution in [0.25, 0.3) is 0 Å². The summed E-state index contributed by atoms with van der Waals surface area (Å²) in [5.41, 5.74) is 1.65. The Hall–Kier alpha value is -1.34. The number of hydrogen-bond donors (Lipinski definition) is 2. The van der Waals surface area contributed by atoms with Crippen LogP contribution in [0.2, 0.25) is 0 Å². The number of halogens is 2. The Kier molecular flexibility index (Phi) is 17.7. The smallest absolute Gasteiger partial charge is 1.00 e. The molecule has 2 N–H and O–H groups in total. The molecule has 2 rings (SSSR count). The second-order valence-electron chi connectivity index (χ2n) is 2.98. The van der Waals surface area contributed by atoms with Crippen LogP contribution in [0.4, 0.5) is 0 Å². The molecule has 2 nitrogen and oxygen atoms in total. The number of hydrogen-bond acceptors (Lipinski definition) is 0. The Morgan fingerprint density at radius 3 is 1.00 bits per heavy atom. The quantitative estimate of drug-likeness (QED) is 0.424. The summed E-state index contributed by atoms with van der Waals surface area (Å²) in [7, 11) is 0. The van der Waals surface area contributed by atoms with Crippen molar-refractivity contribution in [2.45, 2.75) is 0 Å². The molecule has 0 aliphatic heterocycles. The van der Waals surface area contributed by atoms with Crippen LogP contribution in [0.5, 0.6) is 0 Å². The minimum absolute atomic E-state index is 0. The first-order valence-corrected chi connectivity index (χ1v) is 4.82. The number of nitrogens with one attached hydrogen (secondary N) is 2. The van der Waals surface area contributed by atoms with Crippen LogP contribution in [0.1, 0.15) is 11.1 Å². The van der Waals surface area contributed by atoms with Gasteiger partial charge in [-0.05, 0) is 24.3 Å². The van der Waals surface area contributed by atoms with Crippen molar-refractivity contribution in [2.75, 3.05) is 0 Å². The van der Waals surface area contributed by atoms with Crippen molar-refractivity contribution in [3.63, 3.8) is 0 Å². The monoisotopic (exact) mass is 384 g/mol. The first-order valence-electron chi connectivity index (χ1n) is 4.82. The van der Waals surface area contributed by atoms with Crippen LogP contribution < -0.4 is 35.3 Å². The SMILES string of the molecule is [Cl-].[Cl-].[NH+]#Cc1ccccc1.[NH+]#Cc1ccccc1.[Pd+2]. The van der Waals surface area contributed by atoms with Crippen molar-refractivity contribution >= 4 is 0 Å². The van der Waals surface area contributed by atoms with Gasteiger partial charge in [0.25, 0.3) is 0 Å². The van der Waals surface area contributed by atoms with Crippen LogP contribution in [0.3, 0.4) is 0 Å². The minimum Gasteiger partial charge on any atom is -1.00 e. The fraction of sp³-hybridized carbons (Fsp3) is 0. The summed E-state index contributed by atoms with van der Waals surface area (Å²) in [4.78, 5) is 0. The summed E-state index contributed by atoms with van der Waals surface area (Å²) in [5.74, 6) is 0. The molecule has 0 spiro atoms. The molecule has 5 heteroatoms. The van der Waals surface area contributed by atoms with Crippen molar-refractivity contribution in [3.8, 4) is 12.1 Å². The summed E-state index contributed by atoms with van der Waals surface area (Å²) < 4.78 is 0. The average molecular weight is 386 g/mol. The van der Waals surface area contributed by atoms with E-state index in [1.165, 1.54) is 0 Å². The van der Waals surface area contributed by atoms with E-state index in [-0.39, 0.29) is 45.2 Å². The Morgan fingerprint density at radius 2 is 0.842 bits per heavy atom. The predicted octanol–water partition coefficient (Wildman–Crippen LogP) is -6.38. The van der Waals surface area contributed by atoms with Crippen LogP contribution in [-0.4, -0.2) is 0 Å². The Morgan fingerprint density at radius 1 is 0.579 bits per heavy atom. The van der Waals surface area contributed by atoms with E-state index in [4.69, 9.17) is 10.5 Å². The molecule has 0 radical (unpaired) electrons. The van der Waals surface area contributed by atoms with E-state index in [0.29, 0.717) is 0 Å². The van der Waals surface area contributed by atoms with Gasteiger partial charge in [-0.15, -0.1) is 0 Å². The molecule has 0 aliphatic carbocycles. The molecule has 0 aliphatic rings. The molecule has 0 aromatic heterocycles.